The maximum absolute atomic E-state index is 12.5. The Morgan fingerprint density at radius 1 is 1.25 bits per heavy atom. The summed E-state index contributed by atoms with van der Waals surface area (Å²) in [4.78, 5) is 27.3. The number of nitrogens with zero attached hydrogens (tertiary/aromatic N) is 3. The first-order valence-electron chi connectivity index (χ1n) is 8.00. The fraction of sp³-hybridized carbons (Fsp3) is 0.158. The molecule has 1 aromatic heterocycles. The van der Waals surface area contributed by atoms with Gasteiger partial charge in [0.25, 0.3) is 11.6 Å². The number of hydrogen-bond acceptors (Lipinski definition) is 6. The van der Waals surface area contributed by atoms with Crippen LogP contribution in [-0.2, 0) is 6.54 Å². The van der Waals surface area contributed by atoms with E-state index in [4.69, 9.17) is 15.9 Å². The van der Waals surface area contributed by atoms with Crippen LogP contribution >= 0.6 is 11.3 Å². The van der Waals surface area contributed by atoms with Gasteiger partial charge in [0.1, 0.15) is 0 Å². The van der Waals surface area contributed by atoms with Gasteiger partial charge in [0.05, 0.1) is 35.9 Å². The fourth-order valence-corrected chi connectivity index (χ4v) is 3.64. The molecule has 0 radical (unpaired) electrons. The first-order chi connectivity index (χ1) is 13.5. The second-order valence-corrected chi connectivity index (χ2v) is 6.58. The number of methoxy groups -OCH3 is 2. The van der Waals surface area contributed by atoms with Gasteiger partial charge in [-0.2, -0.15) is 4.99 Å². The van der Waals surface area contributed by atoms with E-state index in [1.807, 2.05) is 0 Å². The van der Waals surface area contributed by atoms with Gasteiger partial charge in [-0.15, -0.1) is 6.42 Å². The Kier molecular flexibility index (Phi) is 5.42. The summed E-state index contributed by atoms with van der Waals surface area (Å²) in [6.07, 6.45) is 5.48. The molecule has 0 aliphatic carbocycles. The number of thiazole rings is 1. The van der Waals surface area contributed by atoms with E-state index in [1.165, 1.54) is 49.8 Å². The Morgan fingerprint density at radius 3 is 2.46 bits per heavy atom. The number of aromatic nitrogens is 1. The third-order valence-electron chi connectivity index (χ3n) is 3.96. The number of non-ortho nitro benzene ring substituents is 1. The smallest absolute Gasteiger partial charge is 0.279 e. The van der Waals surface area contributed by atoms with Gasteiger partial charge in [-0.3, -0.25) is 14.9 Å². The molecule has 0 atom stereocenters. The van der Waals surface area contributed by atoms with E-state index < -0.39 is 10.8 Å². The molecule has 0 saturated carbocycles. The molecule has 1 heterocycles. The van der Waals surface area contributed by atoms with Gasteiger partial charge in [0, 0.05) is 29.8 Å². The standard InChI is InChI=1S/C19H15N3O5S/c1-4-9-21-14-10-15(26-2)16(27-3)11-17(14)28-19(21)20-18(23)12-5-7-13(8-6-12)22(24)25/h1,5-8,10-11H,9H2,2-3H3. The van der Waals surface area contributed by atoms with E-state index in [9.17, 15) is 14.9 Å². The van der Waals surface area contributed by atoms with Crippen LogP contribution < -0.4 is 14.3 Å². The highest BCUT2D eigenvalue weighted by Crippen LogP contribution is 2.33. The minimum Gasteiger partial charge on any atom is -0.493 e. The van der Waals surface area contributed by atoms with Gasteiger partial charge >= 0.3 is 0 Å². The Hall–Kier alpha value is -3.64. The monoisotopic (exact) mass is 397 g/mol. The normalized spacial score (nSPS) is 11.2. The van der Waals surface area contributed by atoms with Crippen molar-refractivity contribution >= 4 is 33.1 Å². The molecule has 0 fully saturated rings. The molecule has 0 spiro atoms. The van der Waals surface area contributed by atoms with Crippen molar-refractivity contribution in [2.45, 2.75) is 6.54 Å². The molecule has 9 heteroatoms. The van der Waals surface area contributed by atoms with E-state index >= 15 is 0 Å². The summed E-state index contributed by atoms with van der Waals surface area (Å²) in [5.41, 5.74) is 0.904. The molecule has 8 nitrogen and oxygen atoms in total. The lowest BCUT2D eigenvalue weighted by Gasteiger charge is -2.08. The van der Waals surface area contributed by atoms with Crippen molar-refractivity contribution in [2.75, 3.05) is 14.2 Å². The minimum absolute atomic E-state index is 0.0972. The zero-order chi connectivity index (χ0) is 20.3. The van der Waals surface area contributed by atoms with Crippen LogP contribution in [0.4, 0.5) is 5.69 Å². The largest absolute Gasteiger partial charge is 0.493 e. The van der Waals surface area contributed by atoms with Crippen LogP contribution in [-0.4, -0.2) is 29.6 Å². The zero-order valence-corrected chi connectivity index (χ0v) is 15.9. The molecule has 3 aromatic rings. The highest BCUT2D eigenvalue weighted by molar-refractivity contribution is 7.16. The number of benzene rings is 2. The molecule has 2 aromatic carbocycles. The van der Waals surface area contributed by atoms with Gasteiger partial charge < -0.3 is 14.0 Å². The summed E-state index contributed by atoms with van der Waals surface area (Å²) in [7, 11) is 3.07. The summed E-state index contributed by atoms with van der Waals surface area (Å²) < 4.78 is 13.2. The predicted octanol–water partition coefficient (Wildman–Crippen LogP) is 3.00. The molecule has 3 rings (SSSR count). The van der Waals surface area contributed by atoms with Gasteiger partial charge in [-0.25, -0.2) is 0 Å². The van der Waals surface area contributed by atoms with Crippen LogP contribution in [0.3, 0.4) is 0 Å². The van der Waals surface area contributed by atoms with Crippen LogP contribution in [0.2, 0.25) is 0 Å². The topological polar surface area (TPSA) is 96.0 Å². The molecule has 0 N–H and O–H groups in total. The number of amides is 1. The summed E-state index contributed by atoms with van der Waals surface area (Å²) in [6.45, 7) is 0.210. The molecule has 0 saturated heterocycles. The quantitative estimate of drug-likeness (QED) is 0.375. The van der Waals surface area contributed by atoms with Crippen molar-refractivity contribution < 1.29 is 19.2 Å². The highest BCUT2D eigenvalue weighted by atomic mass is 32.1. The van der Waals surface area contributed by atoms with Crippen LogP contribution in [0, 0.1) is 22.5 Å². The number of terminal acetylenes is 1. The third kappa shape index (κ3) is 3.58. The highest BCUT2D eigenvalue weighted by Gasteiger charge is 2.14. The van der Waals surface area contributed by atoms with Crippen LogP contribution in [0.25, 0.3) is 10.2 Å². The predicted molar refractivity (Wildman–Crippen MR) is 105 cm³/mol. The van der Waals surface area contributed by atoms with Gasteiger partial charge in [0.15, 0.2) is 16.3 Å². The lowest BCUT2D eigenvalue weighted by molar-refractivity contribution is -0.384. The molecule has 0 bridgehead atoms. The van der Waals surface area contributed by atoms with Gasteiger partial charge in [0.2, 0.25) is 0 Å². The Labute approximate surface area is 163 Å². The summed E-state index contributed by atoms with van der Waals surface area (Å²) in [6, 6.07) is 8.83. The first kappa shape index (κ1) is 19.1. The lowest BCUT2D eigenvalue weighted by Crippen LogP contribution is -2.16. The average molecular weight is 397 g/mol. The number of nitro groups is 1. The molecule has 142 valence electrons. The maximum Gasteiger partial charge on any atom is 0.279 e. The van der Waals surface area contributed by atoms with Crippen molar-refractivity contribution in [3.05, 3.63) is 56.9 Å². The molecular formula is C19H15N3O5S. The lowest BCUT2D eigenvalue weighted by atomic mass is 10.2. The minimum atomic E-state index is -0.529. The number of hydrogen-bond donors (Lipinski definition) is 0. The van der Waals surface area contributed by atoms with Crippen LogP contribution in [0.15, 0.2) is 41.4 Å². The van der Waals surface area contributed by atoms with E-state index in [0.29, 0.717) is 16.3 Å². The summed E-state index contributed by atoms with van der Waals surface area (Å²) in [5, 5.41) is 10.7. The molecule has 28 heavy (non-hydrogen) atoms. The number of nitro benzene ring substituents is 1. The molecule has 0 unspecified atom stereocenters. The van der Waals surface area contributed by atoms with Crippen molar-refractivity contribution in [1.82, 2.24) is 4.57 Å². The SMILES string of the molecule is C#CCn1c(=NC(=O)c2ccc([N+](=O)[O-])cc2)sc2cc(OC)c(OC)cc21. The van der Waals surface area contributed by atoms with E-state index in [2.05, 4.69) is 10.9 Å². The third-order valence-corrected chi connectivity index (χ3v) is 5.00. The Balaban J connectivity index is 2.12. The summed E-state index contributed by atoms with van der Waals surface area (Å²) in [5.74, 6) is 3.12. The molecule has 0 aliphatic rings. The van der Waals surface area contributed by atoms with E-state index in [-0.39, 0.29) is 17.8 Å². The second-order valence-electron chi connectivity index (χ2n) is 5.57. The fourth-order valence-electron chi connectivity index (χ4n) is 2.60. The molecule has 0 aliphatic heterocycles. The number of rotatable bonds is 5. The van der Waals surface area contributed by atoms with Crippen molar-refractivity contribution in [1.29, 1.82) is 0 Å². The molecule has 1 amide bonds. The van der Waals surface area contributed by atoms with Crippen molar-refractivity contribution in [3.8, 4) is 23.8 Å². The number of ether oxygens (including phenoxy) is 2. The molecular weight excluding hydrogens is 382 g/mol. The van der Waals surface area contributed by atoms with Crippen molar-refractivity contribution in [2.24, 2.45) is 4.99 Å². The van der Waals surface area contributed by atoms with Gasteiger partial charge in [-0.05, 0) is 12.1 Å². The number of carbonyl (C=O) groups is 1. The first-order valence-corrected chi connectivity index (χ1v) is 8.82. The summed E-state index contributed by atoms with van der Waals surface area (Å²) >= 11 is 1.28. The van der Waals surface area contributed by atoms with E-state index in [0.717, 1.165) is 10.2 Å². The van der Waals surface area contributed by atoms with Gasteiger partial charge in [-0.1, -0.05) is 17.3 Å². The second kappa shape index (κ2) is 7.94. The number of fused-ring (bicyclic) bond motifs is 1. The van der Waals surface area contributed by atoms with Crippen LogP contribution in [0.1, 0.15) is 10.4 Å². The Bertz CT molecular complexity index is 1170. The van der Waals surface area contributed by atoms with Crippen LogP contribution in [0.5, 0.6) is 11.5 Å². The average Bonchev–Trinajstić information content (AvgIpc) is 3.03. The zero-order valence-electron chi connectivity index (χ0n) is 15.0. The van der Waals surface area contributed by atoms with E-state index in [1.54, 1.807) is 16.7 Å². The Morgan fingerprint density at radius 2 is 1.89 bits per heavy atom. The van der Waals surface area contributed by atoms with Crippen molar-refractivity contribution in [3.63, 3.8) is 0 Å². The maximum atomic E-state index is 12.5. The number of carbonyl (C=O) groups excluding carboxylic acids is 1.